The fourth-order valence-corrected chi connectivity index (χ4v) is 2.00. The number of carbonyl (C=O) groups excluding carboxylic acids is 1. The van der Waals surface area contributed by atoms with Crippen LogP contribution in [0.1, 0.15) is 39.5 Å². The molecule has 1 saturated carbocycles. The Kier molecular flexibility index (Phi) is 5.77. The molecular weight excluding hydrogens is 208 g/mol. The predicted octanol–water partition coefficient (Wildman–Crippen LogP) is 1.91. The van der Waals surface area contributed by atoms with Crippen molar-refractivity contribution in [2.75, 3.05) is 13.7 Å². The van der Waals surface area contributed by atoms with Crippen LogP contribution in [0.15, 0.2) is 0 Å². The number of carbonyl (C=O) groups is 1. The molecule has 4 nitrogen and oxygen atoms in total. The Morgan fingerprint density at radius 3 is 2.69 bits per heavy atom. The van der Waals surface area contributed by atoms with Gasteiger partial charge in [-0.25, -0.2) is 4.79 Å². The summed E-state index contributed by atoms with van der Waals surface area (Å²) in [6.45, 7) is 4.12. The Morgan fingerprint density at radius 1 is 1.38 bits per heavy atom. The van der Waals surface area contributed by atoms with Crippen LogP contribution in [-0.4, -0.2) is 38.0 Å². The Bertz CT molecular complexity index is 217. The summed E-state index contributed by atoms with van der Waals surface area (Å²) in [7, 11) is 1.71. The lowest BCUT2D eigenvalue weighted by molar-refractivity contribution is -0.164. The first-order chi connectivity index (χ1) is 7.67. The average Bonchev–Trinajstić information content (AvgIpc) is 2.29. The highest BCUT2D eigenvalue weighted by atomic mass is 16.6. The van der Waals surface area contributed by atoms with Crippen LogP contribution in [-0.2, 0) is 19.0 Å². The van der Waals surface area contributed by atoms with E-state index in [1.54, 1.807) is 14.0 Å². The lowest BCUT2D eigenvalue weighted by atomic mass is 9.95. The summed E-state index contributed by atoms with van der Waals surface area (Å²) in [6, 6.07) is 0. The van der Waals surface area contributed by atoms with E-state index in [1.165, 1.54) is 0 Å². The van der Waals surface area contributed by atoms with Gasteiger partial charge in [0.15, 0.2) is 6.10 Å². The summed E-state index contributed by atoms with van der Waals surface area (Å²) < 4.78 is 15.9. The molecule has 0 radical (unpaired) electrons. The van der Waals surface area contributed by atoms with Gasteiger partial charge in [0.05, 0.1) is 6.10 Å². The highest BCUT2D eigenvalue weighted by molar-refractivity contribution is 5.74. The van der Waals surface area contributed by atoms with E-state index in [-0.39, 0.29) is 18.2 Å². The van der Waals surface area contributed by atoms with Gasteiger partial charge in [0.1, 0.15) is 6.10 Å². The van der Waals surface area contributed by atoms with Crippen molar-refractivity contribution >= 4 is 5.97 Å². The highest BCUT2D eigenvalue weighted by Crippen LogP contribution is 2.23. The van der Waals surface area contributed by atoms with E-state index in [1.807, 2.05) is 6.92 Å². The second-order valence-electron chi connectivity index (χ2n) is 4.18. The summed E-state index contributed by atoms with van der Waals surface area (Å²) in [6.07, 6.45) is 3.62. The first-order valence-electron chi connectivity index (χ1n) is 6.02. The monoisotopic (exact) mass is 230 g/mol. The van der Waals surface area contributed by atoms with Gasteiger partial charge in [0, 0.05) is 20.1 Å². The molecule has 4 heteroatoms. The summed E-state index contributed by atoms with van der Waals surface area (Å²) >= 11 is 0. The van der Waals surface area contributed by atoms with Gasteiger partial charge >= 0.3 is 5.97 Å². The fourth-order valence-electron chi connectivity index (χ4n) is 2.00. The number of hydrogen-bond donors (Lipinski definition) is 0. The van der Waals surface area contributed by atoms with Crippen LogP contribution in [0.2, 0.25) is 0 Å². The largest absolute Gasteiger partial charge is 0.460 e. The standard InChI is InChI=1S/C12H22O4/c1-4-15-9(2)12(13)16-11-7-5-6-10(8-11)14-3/h9-11H,4-8H2,1-3H3. The van der Waals surface area contributed by atoms with E-state index < -0.39 is 6.10 Å². The van der Waals surface area contributed by atoms with Gasteiger partial charge in [-0.05, 0) is 33.1 Å². The maximum atomic E-state index is 11.6. The SMILES string of the molecule is CCOC(C)C(=O)OC1CCCC(OC)C1. The van der Waals surface area contributed by atoms with Gasteiger partial charge in [-0.2, -0.15) is 0 Å². The van der Waals surface area contributed by atoms with Crippen LogP contribution in [0, 0.1) is 0 Å². The molecule has 0 amide bonds. The zero-order valence-corrected chi connectivity index (χ0v) is 10.4. The molecule has 0 N–H and O–H groups in total. The maximum Gasteiger partial charge on any atom is 0.335 e. The van der Waals surface area contributed by atoms with Crippen molar-refractivity contribution in [1.82, 2.24) is 0 Å². The molecule has 0 aromatic carbocycles. The number of hydrogen-bond acceptors (Lipinski definition) is 4. The highest BCUT2D eigenvalue weighted by Gasteiger charge is 2.26. The Morgan fingerprint density at radius 2 is 2.06 bits per heavy atom. The minimum Gasteiger partial charge on any atom is -0.460 e. The van der Waals surface area contributed by atoms with E-state index in [0.717, 1.165) is 25.7 Å². The van der Waals surface area contributed by atoms with Gasteiger partial charge in [-0.15, -0.1) is 0 Å². The first kappa shape index (κ1) is 13.5. The molecule has 1 aliphatic carbocycles. The van der Waals surface area contributed by atoms with Crippen molar-refractivity contribution in [2.24, 2.45) is 0 Å². The molecule has 3 atom stereocenters. The Labute approximate surface area is 97.2 Å². The fraction of sp³-hybridized carbons (Fsp3) is 0.917. The molecule has 0 aromatic rings. The summed E-state index contributed by atoms with van der Waals surface area (Å²) in [4.78, 5) is 11.6. The molecule has 0 saturated heterocycles. The quantitative estimate of drug-likeness (QED) is 0.677. The first-order valence-corrected chi connectivity index (χ1v) is 6.02. The predicted molar refractivity (Wildman–Crippen MR) is 60.2 cm³/mol. The third-order valence-electron chi connectivity index (χ3n) is 2.94. The second-order valence-corrected chi connectivity index (χ2v) is 4.18. The molecule has 0 spiro atoms. The van der Waals surface area contributed by atoms with E-state index in [9.17, 15) is 4.79 Å². The maximum absolute atomic E-state index is 11.6. The molecule has 94 valence electrons. The van der Waals surface area contributed by atoms with Crippen LogP contribution in [0.5, 0.6) is 0 Å². The Hall–Kier alpha value is -0.610. The number of ether oxygens (including phenoxy) is 3. The molecule has 0 aromatic heterocycles. The number of methoxy groups -OCH3 is 1. The molecule has 1 rings (SSSR count). The van der Waals surface area contributed by atoms with Gasteiger partial charge in [-0.3, -0.25) is 0 Å². The van der Waals surface area contributed by atoms with Crippen molar-refractivity contribution in [3.8, 4) is 0 Å². The molecular formula is C12H22O4. The van der Waals surface area contributed by atoms with Crippen LogP contribution in [0.4, 0.5) is 0 Å². The molecule has 1 fully saturated rings. The summed E-state index contributed by atoms with van der Waals surface area (Å²) in [5.41, 5.74) is 0. The van der Waals surface area contributed by atoms with Crippen LogP contribution in [0.3, 0.4) is 0 Å². The molecule has 0 heterocycles. The van der Waals surface area contributed by atoms with Crippen molar-refractivity contribution in [1.29, 1.82) is 0 Å². The Balaban J connectivity index is 2.32. The van der Waals surface area contributed by atoms with Gasteiger partial charge in [0.25, 0.3) is 0 Å². The third kappa shape index (κ3) is 4.10. The molecule has 3 unspecified atom stereocenters. The third-order valence-corrected chi connectivity index (χ3v) is 2.94. The zero-order valence-electron chi connectivity index (χ0n) is 10.4. The van der Waals surface area contributed by atoms with E-state index >= 15 is 0 Å². The molecule has 16 heavy (non-hydrogen) atoms. The lowest BCUT2D eigenvalue weighted by Gasteiger charge is -2.28. The second kappa shape index (κ2) is 6.86. The van der Waals surface area contributed by atoms with Crippen molar-refractivity contribution in [2.45, 2.75) is 57.8 Å². The lowest BCUT2D eigenvalue weighted by Crippen LogP contribution is -2.33. The van der Waals surface area contributed by atoms with Gasteiger partial charge < -0.3 is 14.2 Å². The minimum absolute atomic E-state index is 0.00546. The van der Waals surface area contributed by atoms with E-state index in [2.05, 4.69) is 0 Å². The summed E-state index contributed by atoms with van der Waals surface area (Å²) in [5, 5.41) is 0. The number of esters is 1. The van der Waals surface area contributed by atoms with E-state index in [4.69, 9.17) is 14.2 Å². The van der Waals surface area contributed by atoms with Crippen molar-refractivity contribution in [3.63, 3.8) is 0 Å². The smallest absolute Gasteiger partial charge is 0.335 e. The molecule has 0 bridgehead atoms. The topological polar surface area (TPSA) is 44.8 Å². The van der Waals surface area contributed by atoms with Gasteiger partial charge in [0.2, 0.25) is 0 Å². The molecule has 0 aliphatic heterocycles. The van der Waals surface area contributed by atoms with Crippen LogP contribution >= 0.6 is 0 Å². The average molecular weight is 230 g/mol. The zero-order chi connectivity index (χ0) is 12.0. The van der Waals surface area contributed by atoms with Crippen molar-refractivity contribution < 1.29 is 19.0 Å². The van der Waals surface area contributed by atoms with Crippen LogP contribution < -0.4 is 0 Å². The molecule has 1 aliphatic rings. The van der Waals surface area contributed by atoms with Gasteiger partial charge in [-0.1, -0.05) is 0 Å². The van der Waals surface area contributed by atoms with Crippen molar-refractivity contribution in [3.05, 3.63) is 0 Å². The minimum atomic E-state index is -0.465. The van der Waals surface area contributed by atoms with Crippen LogP contribution in [0.25, 0.3) is 0 Å². The summed E-state index contributed by atoms with van der Waals surface area (Å²) in [5.74, 6) is -0.261. The normalized spacial score (nSPS) is 27.4. The number of rotatable bonds is 5. The van der Waals surface area contributed by atoms with E-state index in [0.29, 0.717) is 6.61 Å².